The van der Waals surface area contributed by atoms with E-state index in [1.807, 2.05) is 0 Å². The molecule has 24 heavy (non-hydrogen) atoms. The number of hydrogen-bond acceptors (Lipinski definition) is 4. The van der Waals surface area contributed by atoms with E-state index in [1.165, 1.54) is 13.0 Å². The highest BCUT2D eigenvalue weighted by Gasteiger charge is 2.33. The number of anilines is 1. The van der Waals surface area contributed by atoms with Crippen molar-refractivity contribution in [3.63, 3.8) is 0 Å². The zero-order valence-corrected chi connectivity index (χ0v) is 12.9. The summed E-state index contributed by atoms with van der Waals surface area (Å²) in [6.45, 7) is 1.50. The van der Waals surface area contributed by atoms with E-state index >= 15 is 0 Å². The summed E-state index contributed by atoms with van der Waals surface area (Å²) in [5.41, 5.74) is -0.827. The van der Waals surface area contributed by atoms with Gasteiger partial charge in [-0.25, -0.2) is 4.98 Å². The zero-order chi connectivity index (χ0) is 17.5. The lowest BCUT2D eigenvalue weighted by Gasteiger charge is -2.17. The highest BCUT2D eigenvalue weighted by molar-refractivity contribution is 6.33. The van der Waals surface area contributed by atoms with Crippen LogP contribution in [0.2, 0.25) is 5.02 Å². The molecule has 0 fully saturated rings. The van der Waals surface area contributed by atoms with Crippen LogP contribution >= 0.6 is 11.6 Å². The van der Waals surface area contributed by atoms with Crippen LogP contribution < -0.4 is 9.75 Å². The van der Waals surface area contributed by atoms with Gasteiger partial charge in [-0.15, -0.1) is 5.10 Å². The SMILES string of the molecule is CC1=NN(c2ncc(C(F)(F)F)cc2Cl)C(=O)c2ccccc2O1. The Labute approximate surface area is 139 Å². The molecule has 2 heterocycles. The number of nitrogens with zero attached hydrogens (tertiary/aromatic N) is 3. The van der Waals surface area contributed by atoms with E-state index in [1.54, 1.807) is 18.2 Å². The zero-order valence-electron chi connectivity index (χ0n) is 12.1. The van der Waals surface area contributed by atoms with Gasteiger partial charge in [0.1, 0.15) is 5.75 Å². The van der Waals surface area contributed by atoms with Crippen molar-refractivity contribution in [1.29, 1.82) is 0 Å². The summed E-state index contributed by atoms with van der Waals surface area (Å²) in [7, 11) is 0. The number of aromatic nitrogens is 1. The summed E-state index contributed by atoms with van der Waals surface area (Å²) in [5, 5.41) is 4.42. The summed E-state index contributed by atoms with van der Waals surface area (Å²) >= 11 is 5.90. The van der Waals surface area contributed by atoms with Crippen LogP contribution in [0.15, 0.2) is 41.6 Å². The maximum absolute atomic E-state index is 12.7. The number of amides is 1. The van der Waals surface area contributed by atoms with Gasteiger partial charge >= 0.3 is 6.18 Å². The molecule has 0 bridgehead atoms. The minimum Gasteiger partial charge on any atom is -0.441 e. The Balaban J connectivity index is 2.09. The number of para-hydroxylation sites is 1. The third kappa shape index (κ3) is 2.92. The van der Waals surface area contributed by atoms with E-state index in [0.29, 0.717) is 12.3 Å². The van der Waals surface area contributed by atoms with E-state index in [-0.39, 0.29) is 28.1 Å². The molecule has 0 aliphatic carbocycles. The number of ether oxygens (including phenoxy) is 1. The Morgan fingerprint density at radius 1 is 1.25 bits per heavy atom. The molecule has 1 aliphatic rings. The van der Waals surface area contributed by atoms with Gasteiger partial charge in [0.15, 0.2) is 5.82 Å². The van der Waals surface area contributed by atoms with Gasteiger partial charge in [-0.05, 0) is 18.2 Å². The van der Waals surface area contributed by atoms with E-state index in [9.17, 15) is 18.0 Å². The molecule has 1 aliphatic heterocycles. The van der Waals surface area contributed by atoms with Gasteiger partial charge in [0.2, 0.25) is 5.90 Å². The predicted molar refractivity (Wildman–Crippen MR) is 81.2 cm³/mol. The number of hydrazone groups is 1. The molecule has 5 nitrogen and oxygen atoms in total. The Kier molecular flexibility index (Phi) is 3.92. The first-order valence-electron chi connectivity index (χ1n) is 6.66. The van der Waals surface area contributed by atoms with Crippen LogP contribution in [-0.2, 0) is 6.18 Å². The Morgan fingerprint density at radius 2 is 1.96 bits per heavy atom. The summed E-state index contributed by atoms with van der Waals surface area (Å²) in [5.74, 6) is -0.425. The Bertz CT molecular complexity index is 852. The minimum absolute atomic E-state index is 0.117. The maximum atomic E-state index is 12.7. The minimum atomic E-state index is -4.59. The number of rotatable bonds is 1. The topological polar surface area (TPSA) is 54.8 Å². The maximum Gasteiger partial charge on any atom is 0.417 e. The lowest BCUT2D eigenvalue weighted by atomic mass is 10.2. The van der Waals surface area contributed by atoms with Gasteiger partial charge in [0.25, 0.3) is 5.91 Å². The van der Waals surface area contributed by atoms with Gasteiger partial charge in [-0.2, -0.15) is 18.2 Å². The summed E-state index contributed by atoms with van der Waals surface area (Å²) < 4.78 is 43.6. The monoisotopic (exact) mass is 355 g/mol. The number of carbonyl (C=O) groups is 1. The molecule has 0 saturated heterocycles. The molecule has 1 amide bonds. The molecule has 0 spiro atoms. The van der Waals surface area contributed by atoms with Crippen molar-refractivity contribution in [2.45, 2.75) is 13.1 Å². The first kappa shape index (κ1) is 16.3. The van der Waals surface area contributed by atoms with Gasteiger partial charge in [-0.1, -0.05) is 23.7 Å². The molecule has 1 aromatic carbocycles. The van der Waals surface area contributed by atoms with Crippen molar-refractivity contribution in [2.24, 2.45) is 5.10 Å². The molecule has 2 aromatic rings. The van der Waals surface area contributed by atoms with Crippen LogP contribution in [0, 0.1) is 0 Å². The van der Waals surface area contributed by atoms with Crippen LogP contribution in [0.1, 0.15) is 22.8 Å². The smallest absolute Gasteiger partial charge is 0.417 e. The fourth-order valence-electron chi connectivity index (χ4n) is 2.10. The molecule has 0 unspecified atom stereocenters. The first-order chi connectivity index (χ1) is 11.3. The number of benzene rings is 1. The number of carbonyl (C=O) groups excluding carboxylic acids is 1. The van der Waals surface area contributed by atoms with E-state index in [2.05, 4.69) is 10.1 Å². The van der Waals surface area contributed by atoms with E-state index < -0.39 is 17.6 Å². The third-order valence-electron chi connectivity index (χ3n) is 3.16. The molecule has 0 saturated carbocycles. The van der Waals surface area contributed by atoms with Crippen LogP contribution in [0.3, 0.4) is 0 Å². The fourth-order valence-corrected chi connectivity index (χ4v) is 2.34. The standard InChI is InChI=1S/C15H9ClF3N3O2/c1-8-21-22(14(23)10-4-2-3-5-12(10)24-8)13-11(16)6-9(7-20-13)15(17,18)19/h2-7H,1H3. The van der Waals surface area contributed by atoms with E-state index in [4.69, 9.17) is 16.3 Å². The molecule has 0 N–H and O–H groups in total. The van der Waals surface area contributed by atoms with Crippen LogP contribution in [-0.4, -0.2) is 16.8 Å². The summed E-state index contributed by atoms with van der Waals surface area (Å²) in [6, 6.07) is 7.09. The van der Waals surface area contributed by atoms with E-state index in [0.717, 1.165) is 5.01 Å². The van der Waals surface area contributed by atoms with Crippen LogP contribution in [0.4, 0.5) is 19.0 Å². The second-order valence-corrected chi connectivity index (χ2v) is 5.27. The van der Waals surface area contributed by atoms with Crippen molar-refractivity contribution in [3.05, 3.63) is 52.7 Å². The van der Waals surface area contributed by atoms with Crippen LogP contribution in [0.25, 0.3) is 0 Å². The van der Waals surface area contributed by atoms with Crippen molar-refractivity contribution in [3.8, 4) is 5.75 Å². The number of pyridine rings is 1. The number of fused-ring (bicyclic) bond motifs is 1. The lowest BCUT2D eigenvalue weighted by Crippen LogP contribution is -2.26. The fraction of sp³-hybridized carbons (Fsp3) is 0.133. The molecule has 9 heteroatoms. The van der Waals surface area contributed by atoms with Crippen molar-refractivity contribution >= 4 is 29.2 Å². The quantitative estimate of drug-likeness (QED) is 0.773. The summed E-state index contributed by atoms with van der Waals surface area (Å²) in [6.07, 6.45) is -4.00. The molecule has 0 atom stereocenters. The highest BCUT2D eigenvalue weighted by atomic mass is 35.5. The predicted octanol–water partition coefficient (Wildman–Crippen LogP) is 4.13. The first-order valence-corrected chi connectivity index (χ1v) is 7.04. The normalized spacial score (nSPS) is 14.6. The number of halogens is 4. The van der Waals surface area contributed by atoms with Crippen molar-refractivity contribution < 1.29 is 22.7 Å². The molecule has 124 valence electrons. The Morgan fingerprint density at radius 3 is 2.62 bits per heavy atom. The van der Waals surface area contributed by atoms with Gasteiger partial charge in [0, 0.05) is 13.1 Å². The molecular weight excluding hydrogens is 347 g/mol. The number of hydrogen-bond donors (Lipinski definition) is 0. The Hall–Kier alpha value is -2.61. The molecule has 3 rings (SSSR count). The summed E-state index contributed by atoms with van der Waals surface area (Å²) in [4.78, 5) is 16.3. The number of alkyl halides is 3. The molecule has 1 aromatic heterocycles. The average Bonchev–Trinajstić information content (AvgIpc) is 2.63. The molecular formula is C15H9ClF3N3O2. The van der Waals surface area contributed by atoms with Gasteiger partial charge in [-0.3, -0.25) is 4.79 Å². The third-order valence-corrected chi connectivity index (χ3v) is 3.44. The van der Waals surface area contributed by atoms with Crippen LogP contribution in [0.5, 0.6) is 5.75 Å². The van der Waals surface area contributed by atoms with Crippen molar-refractivity contribution in [2.75, 3.05) is 5.01 Å². The second-order valence-electron chi connectivity index (χ2n) is 4.86. The lowest BCUT2D eigenvalue weighted by molar-refractivity contribution is -0.137. The average molecular weight is 356 g/mol. The van der Waals surface area contributed by atoms with Gasteiger partial charge in [0.05, 0.1) is 16.1 Å². The second kappa shape index (κ2) is 5.79. The molecule has 0 radical (unpaired) electrons. The van der Waals surface area contributed by atoms with Gasteiger partial charge < -0.3 is 4.74 Å². The highest BCUT2D eigenvalue weighted by Crippen LogP contribution is 2.35. The van der Waals surface area contributed by atoms with Crippen molar-refractivity contribution in [1.82, 2.24) is 4.98 Å². The largest absolute Gasteiger partial charge is 0.441 e.